The molecule has 132 valence electrons. The van der Waals surface area contributed by atoms with Crippen LogP contribution in [0.1, 0.15) is 43.2 Å². The molecule has 1 aliphatic carbocycles. The van der Waals surface area contributed by atoms with Crippen LogP contribution in [0.5, 0.6) is 0 Å². The largest absolute Gasteiger partial charge is 0.327 e. The standard InChI is InChI=1S/C22H28N2O/c1-24(20-13-6-3-7-14-20)17-22(25)23-21-15-9-8-12-19(21)16-18-10-4-2-5-11-18/h2,4-5,8-12,15,20H,3,6-7,13-14,16-17H2,1H3,(H,23,25)/p+1. The Bertz CT molecular complexity index is 677. The summed E-state index contributed by atoms with van der Waals surface area (Å²) < 4.78 is 0. The van der Waals surface area contributed by atoms with E-state index in [1.54, 1.807) is 0 Å². The third kappa shape index (κ3) is 5.17. The van der Waals surface area contributed by atoms with Gasteiger partial charge in [0.1, 0.15) is 0 Å². The van der Waals surface area contributed by atoms with E-state index in [9.17, 15) is 4.79 Å². The summed E-state index contributed by atoms with van der Waals surface area (Å²) in [7, 11) is 2.16. The molecule has 0 radical (unpaired) electrons. The molecule has 1 atom stereocenters. The molecule has 2 aromatic carbocycles. The molecule has 2 N–H and O–H groups in total. The predicted octanol–water partition coefficient (Wildman–Crippen LogP) is 3.06. The van der Waals surface area contributed by atoms with Crippen LogP contribution in [0.2, 0.25) is 0 Å². The molecule has 0 saturated heterocycles. The molecule has 3 heteroatoms. The second-order valence-corrected chi connectivity index (χ2v) is 7.23. The lowest BCUT2D eigenvalue weighted by Crippen LogP contribution is -3.14. The molecule has 0 bridgehead atoms. The van der Waals surface area contributed by atoms with Crippen molar-refractivity contribution in [2.45, 2.75) is 44.6 Å². The number of hydrogen-bond donors (Lipinski definition) is 2. The van der Waals surface area contributed by atoms with Gasteiger partial charge in [-0.25, -0.2) is 0 Å². The minimum Gasteiger partial charge on any atom is -0.327 e. The zero-order valence-corrected chi connectivity index (χ0v) is 15.1. The van der Waals surface area contributed by atoms with Gasteiger partial charge >= 0.3 is 0 Å². The van der Waals surface area contributed by atoms with Crippen LogP contribution in [0.3, 0.4) is 0 Å². The normalized spacial score (nSPS) is 16.4. The number of hydrogen-bond acceptors (Lipinski definition) is 1. The van der Waals surface area contributed by atoms with Crippen molar-refractivity contribution in [2.24, 2.45) is 0 Å². The molecule has 3 rings (SSSR count). The van der Waals surface area contributed by atoms with Gasteiger partial charge in [-0.1, -0.05) is 55.0 Å². The average molecular weight is 337 g/mol. The van der Waals surface area contributed by atoms with E-state index in [4.69, 9.17) is 0 Å². The van der Waals surface area contributed by atoms with Crippen molar-refractivity contribution in [3.8, 4) is 0 Å². The maximum atomic E-state index is 12.5. The molecule has 2 aromatic rings. The molecule has 0 spiro atoms. The molecular formula is C22H29N2O+. The third-order valence-corrected chi connectivity index (χ3v) is 5.27. The summed E-state index contributed by atoms with van der Waals surface area (Å²) in [4.78, 5) is 13.9. The van der Waals surface area contributed by atoms with Gasteiger partial charge in [0.25, 0.3) is 5.91 Å². The van der Waals surface area contributed by atoms with Crippen molar-refractivity contribution in [2.75, 3.05) is 18.9 Å². The van der Waals surface area contributed by atoms with E-state index in [-0.39, 0.29) is 5.91 Å². The van der Waals surface area contributed by atoms with Crippen LogP contribution in [0.15, 0.2) is 54.6 Å². The zero-order valence-electron chi connectivity index (χ0n) is 15.1. The smallest absolute Gasteiger partial charge is 0.279 e. The average Bonchev–Trinajstić information content (AvgIpc) is 2.65. The Morgan fingerprint density at radius 2 is 1.68 bits per heavy atom. The van der Waals surface area contributed by atoms with E-state index in [2.05, 4.69) is 42.7 Å². The molecule has 1 aliphatic rings. The number of likely N-dealkylation sites (N-methyl/N-ethyl adjacent to an activating group) is 1. The Balaban J connectivity index is 1.61. The first-order valence-electron chi connectivity index (χ1n) is 9.46. The summed E-state index contributed by atoms with van der Waals surface area (Å²) >= 11 is 0. The van der Waals surface area contributed by atoms with Crippen molar-refractivity contribution in [1.82, 2.24) is 0 Å². The van der Waals surface area contributed by atoms with Gasteiger partial charge in [0, 0.05) is 5.69 Å². The molecule has 0 aliphatic heterocycles. The summed E-state index contributed by atoms with van der Waals surface area (Å²) in [6, 6.07) is 19.2. The molecule has 3 nitrogen and oxygen atoms in total. The monoisotopic (exact) mass is 337 g/mol. The number of rotatable bonds is 6. The summed E-state index contributed by atoms with van der Waals surface area (Å²) in [5, 5.41) is 3.14. The first kappa shape index (κ1) is 17.7. The van der Waals surface area contributed by atoms with E-state index in [1.807, 2.05) is 24.3 Å². The van der Waals surface area contributed by atoms with Crippen LogP contribution in [-0.2, 0) is 11.2 Å². The van der Waals surface area contributed by atoms with Gasteiger partial charge in [-0.15, -0.1) is 0 Å². The van der Waals surface area contributed by atoms with E-state index < -0.39 is 0 Å². The van der Waals surface area contributed by atoms with E-state index in [0.717, 1.165) is 17.7 Å². The number of carbonyl (C=O) groups excluding carboxylic acids is 1. The van der Waals surface area contributed by atoms with Crippen LogP contribution >= 0.6 is 0 Å². The molecule has 25 heavy (non-hydrogen) atoms. The fourth-order valence-corrected chi connectivity index (χ4v) is 3.80. The molecule has 1 unspecified atom stereocenters. The van der Waals surface area contributed by atoms with Crippen LogP contribution in [0.25, 0.3) is 0 Å². The third-order valence-electron chi connectivity index (χ3n) is 5.27. The number of nitrogens with one attached hydrogen (secondary N) is 2. The van der Waals surface area contributed by atoms with Crippen molar-refractivity contribution < 1.29 is 9.69 Å². The topological polar surface area (TPSA) is 33.5 Å². The Morgan fingerprint density at radius 3 is 2.44 bits per heavy atom. The Labute approximate surface area is 151 Å². The van der Waals surface area contributed by atoms with Crippen LogP contribution < -0.4 is 10.2 Å². The lowest BCUT2D eigenvalue weighted by molar-refractivity contribution is -0.899. The highest BCUT2D eigenvalue weighted by molar-refractivity contribution is 5.92. The second-order valence-electron chi connectivity index (χ2n) is 7.23. The predicted molar refractivity (Wildman–Crippen MR) is 103 cm³/mol. The van der Waals surface area contributed by atoms with Crippen LogP contribution in [0.4, 0.5) is 5.69 Å². The summed E-state index contributed by atoms with van der Waals surface area (Å²) in [5.74, 6) is 0.114. The highest BCUT2D eigenvalue weighted by atomic mass is 16.2. The second kappa shape index (κ2) is 8.82. The minimum atomic E-state index is 0.114. The lowest BCUT2D eigenvalue weighted by Gasteiger charge is -2.27. The van der Waals surface area contributed by atoms with Gasteiger partial charge in [-0.05, 0) is 49.3 Å². The number of para-hydroxylation sites is 1. The quantitative estimate of drug-likeness (QED) is 0.834. The SMILES string of the molecule is C[NH+](CC(=O)Nc1ccccc1Cc1ccccc1)C1CCCCC1. The molecule has 0 heterocycles. The van der Waals surface area contributed by atoms with Gasteiger partial charge in [-0.2, -0.15) is 0 Å². The zero-order chi connectivity index (χ0) is 17.5. The Morgan fingerprint density at radius 1 is 1.00 bits per heavy atom. The Hall–Kier alpha value is -2.13. The molecular weight excluding hydrogens is 308 g/mol. The highest BCUT2D eigenvalue weighted by Gasteiger charge is 2.23. The van der Waals surface area contributed by atoms with Gasteiger partial charge < -0.3 is 10.2 Å². The number of quaternary nitrogens is 1. The van der Waals surface area contributed by atoms with Gasteiger partial charge in [-0.3, -0.25) is 4.79 Å². The van der Waals surface area contributed by atoms with Gasteiger partial charge in [0.05, 0.1) is 13.1 Å². The maximum absolute atomic E-state index is 12.5. The van der Waals surface area contributed by atoms with E-state index in [1.165, 1.54) is 42.6 Å². The lowest BCUT2D eigenvalue weighted by atomic mass is 9.94. The molecule has 0 aromatic heterocycles. The highest BCUT2D eigenvalue weighted by Crippen LogP contribution is 2.19. The number of carbonyl (C=O) groups is 1. The number of amides is 1. The first-order chi connectivity index (χ1) is 12.2. The fraction of sp³-hybridized carbons (Fsp3) is 0.409. The molecule has 1 amide bonds. The molecule has 1 fully saturated rings. The van der Waals surface area contributed by atoms with E-state index >= 15 is 0 Å². The maximum Gasteiger partial charge on any atom is 0.279 e. The Kier molecular flexibility index (Phi) is 6.24. The van der Waals surface area contributed by atoms with Crippen molar-refractivity contribution >= 4 is 11.6 Å². The van der Waals surface area contributed by atoms with Crippen LogP contribution in [0, 0.1) is 0 Å². The summed E-state index contributed by atoms with van der Waals surface area (Å²) in [6.07, 6.45) is 7.31. The van der Waals surface area contributed by atoms with Crippen LogP contribution in [-0.4, -0.2) is 25.5 Å². The summed E-state index contributed by atoms with van der Waals surface area (Å²) in [6.45, 7) is 0.546. The van der Waals surface area contributed by atoms with Crippen molar-refractivity contribution in [3.05, 3.63) is 65.7 Å². The number of anilines is 1. The minimum absolute atomic E-state index is 0.114. The summed E-state index contributed by atoms with van der Waals surface area (Å²) in [5.41, 5.74) is 3.36. The fourth-order valence-electron chi connectivity index (χ4n) is 3.80. The van der Waals surface area contributed by atoms with Crippen molar-refractivity contribution in [3.63, 3.8) is 0 Å². The molecule has 1 saturated carbocycles. The first-order valence-corrected chi connectivity index (χ1v) is 9.46. The van der Waals surface area contributed by atoms with E-state index in [0.29, 0.717) is 12.6 Å². The van der Waals surface area contributed by atoms with Gasteiger partial charge in [0.15, 0.2) is 6.54 Å². The van der Waals surface area contributed by atoms with Gasteiger partial charge in [0.2, 0.25) is 0 Å². The number of benzene rings is 2. The van der Waals surface area contributed by atoms with Crippen molar-refractivity contribution in [1.29, 1.82) is 0 Å².